The zero-order valence-electron chi connectivity index (χ0n) is 9.03. The Morgan fingerprint density at radius 3 is 2.80 bits per heavy atom. The number of carboxylic acid groups (broad SMARTS) is 1. The van der Waals surface area contributed by atoms with Gasteiger partial charge in [0.2, 0.25) is 5.91 Å². The highest BCUT2D eigenvalue weighted by Gasteiger charge is 2.31. The lowest BCUT2D eigenvalue weighted by molar-refractivity contribution is -0.126. The van der Waals surface area contributed by atoms with Gasteiger partial charge < -0.3 is 10.4 Å². The van der Waals surface area contributed by atoms with Gasteiger partial charge in [-0.2, -0.15) is 0 Å². The standard InChI is InChI=1S/C10H18N2O3/c1-2-6-11-9(13)8-5-3-4-7-12(8)10(14)15/h8H,2-7H2,1H3,(H,11,13)(H,14,15). The number of rotatable bonds is 3. The van der Waals surface area contributed by atoms with Crippen molar-refractivity contribution in [1.82, 2.24) is 10.2 Å². The van der Waals surface area contributed by atoms with Crippen LogP contribution in [0.15, 0.2) is 0 Å². The molecule has 5 heteroatoms. The molecule has 0 spiro atoms. The monoisotopic (exact) mass is 214 g/mol. The van der Waals surface area contributed by atoms with Crippen molar-refractivity contribution in [1.29, 1.82) is 0 Å². The van der Waals surface area contributed by atoms with Crippen LogP contribution in [0.1, 0.15) is 32.6 Å². The molecule has 1 aliphatic heterocycles. The van der Waals surface area contributed by atoms with Crippen molar-refractivity contribution in [2.45, 2.75) is 38.6 Å². The molecule has 0 bridgehead atoms. The molecule has 2 N–H and O–H groups in total. The number of piperidine rings is 1. The summed E-state index contributed by atoms with van der Waals surface area (Å²) in [4.78, 5) is 23.8. The minimum absolute atomic E-state index is 0.154. The second kappa shape index (κ2) is 5.58. The summed E-state index contributed by atoms with van der Waals surface area (Å²) in [6.07, 6.45) is 2.29. The predicted molar refractivity (Wildman–Crippen MR) is 55.7 cm³/mol. The fraction of sp³-hybridized carbons (Fsp3) is 0.800. The lowest BCUT2D eigenvalue weighted by atomic mass is 10.0. The largest absolute Gasteiger partial charge is 0.465 e. The molecule has 1 unspecified atom stereocenters. The third kappa shape index (κ3) is 3.11. The third-order valence-corrected chi connectivity index (χ3v) is 2.60. The summed E-state index contributed by atoms with van der Waals surface area (Å²) in [7, 11) is 0. The van der Waals surface area contributed by atoms with E-state index in [4.69, 9.17) is 5.11 Å². The van der Waals surface area contributed by atoms with Crippen LogP contribution in [0, 0.1) is 0 Å². The molecule has 1 rings (SSSR count). The first-order valence-electron chi connectivity index (χ1n) is 5.44. The van der Waals surface area contributed by atoms with Crippen LogP contribution in [0.3, 0.4) is 0 Å². The van der Waals surface area contributed by atoms with Crippen LogP contribution in [0.4, 0.5) is 4.79 Å². The van der Waals surface area contributed by atoms with Crippen LogP contribution in [0.25, 0.3) is 0 Å². The molecular formula is C10H18N2O3. The van der Waals surface area contributed by atoms with E-state index < -0.39 is 12.1 Å². The highest BCUT2D eigenvalue weighted by molar-refractivity contribution is 5.85. The minimum Gasteiger partial charge on any atom is -0.465 e. The molecular weight excluding hydrogens is 196 g/mol. The van der Waals surface area contributed by atoms with Gasteiger partial charge in [0.25, 0.3) is 0 Å². The van der Waals surface area contributed by atoms with E-state index in [1.807, 2.05) is 6.92 Å². The van der Waals surface area contributed by atoms with E-state index >= 15 is 0 Å². The van der Waals surface area contributed by atoms with Crippen LogP contribution in [0.5, 0.6) is 0 Å². The zero-order valence-corrected chi connectivity index (χ0v) is 9.03. The second-order valence-corrected chi connectivity index (χ2v) is 3.78. The summed E-state index contributed by atoms with van der Waals surface area (Å²) in [6.45, 7) is 3.05. The molecule has 0 aromatic carbocycles. The first-order valence-corrected chi connectivity index (χ1v) is 5.44. The smallest absolute Gasteiger partial charge is 0.407 e. The summed E-state index contributed by atoms with van der Waals surface area (Å²) in [5.74, 6) is -0.154. The van der Waals surface area contributed by atoms with Gasteiger partial charge in [0, 0.05) is 13.1 Å². The van der Waals surface area contributed by atoms with Gasteiger partial charge in [0.15, 0.2) is 0 Å². The number of hydrogen-bond donors (Lipinski definition) is 2. The van der Waals surface area contributed by atoms with Crippen molar-refractivity contribution in [3.8, 4) is 0 Å². The molecule has 1 heterocycles. The van der Waals surface area contributed by atoms with Gasteiger partial charge in [-0.25, -0.2) is 4.79 Å². The number of carbonyl (C=O) groups excluding carboxylic acids is 1. The summed E-state index contributed by atoms with van der Waals surface area (Å²) in [5, 5.41) is 11.7. The molecule has 0 aromatic rings. The van der Waals surface area contributed by atoms with E-state index in [1.165, 1.54) is 4.90 Å². The Morgan fingerprint density at radius 2 is 2.20 bits per heavy atom. The summed E-state index contributed by atoms with van der Waals surface area (Å²) in [5.41, 5.74) is 0. The van der Waals surface area contributed by atoms with Gasteiger partial charge in [0.05, 0.1) is 0 Å². The zero-order chi connectivity index (χ0) is 11.3. The van der Waals surface area contributed by atoms with Crippen molar-refractivity contribution in [2.24, 2.45) is 0 Å². The highest BCUT2D eigenvalue weighted by atomic mass is 16.4. The maximum absolute atomic E-state index is 11.7. The molecule has 1 saturated heterocycles. The van der Waals surface area contributed by atoms with Gasteiger partial charge in [-0.05, 0) is 25.7 Å². The molecule has 0 saturated carbocycles. The van der Waals surface area contributed by atoms with Crippen LogP contribution in [-0.2, 0) is 4.79 Å². The van der Waals surface area contributed by atoms with Crippen LogP contribution in [0.2, 0.25) is 0 Å². The van der Waals surface area contributed by atoms with Crippen LogP contribution in [-0.4, -0.2) is 41.1 Å². The Labute approximate surface area is 89.4 Å². The third-order valence-electron chi connectivity index (χ3n) is 2.60. The lowest BCUT2D eigenvalue weighted by Crippen LogP contribution is -2.51. The van der Waals surface area contributed by atoms with E-state index in [0.717, 1.165) is 19.3 Å². The quantitative estimate of drug-likeness (QED) is 0.737. The Kier molecular flexibility index (Phi) is 4.39. The molecule has 0 radical (unpaired) electrons. The van der Waals surface area contributed by atoms with E-state index in [0.29, 0.717) is 19.5 Å². The molecule has 5 nitrogen and oxygen atoms in total. The fourth-order valence-corrected chi connectivity index (χ4v) is 1.80. The van der Waals surface area contributed by atoms with Gasteiger partial charge >= 0.3 is 6.09 Å². The number of nitrogens with one attached hydrogen (secondary N) is 1. The first-order chi connectivity index (χ1) is 7.16. The molecule has 1 fully saturated rings. The van der Waals surface area contributed by atoms with Crippen molar-refractivity contribution in [3.05, 3.63) is 0 Å². The van der Waals surface area contributed by atoms with E-state index in [2.05, 4.69) is 5.32 Å². The lowest BCUT2D eigenvalue weighted by Gasteiger charge is -2.32. The Bertz CT molecular complexity index is 243. The summed E-state index contributed by atoms with van der Waals surface area (Å²) >= 11 is 0. The van der Waals surface area contributed by atoms with E-state index in [1.54, 1.807) is 0 Å². The average molecular weight is 214 g/mol. The van der Waals surface area contributed by atoms with Gasteiger partial charge in [-0.15, -0.1) is 0 Å². The van der Waals surface area contributed by atoms with E-state index in [-0.39, 0.29) is 5.91 Å². The van der Waals surface area contributed by atoms with Gasteiger partial charge in [-0.1, -0.05) is 6.92 Å². The Morgan fingerprint density at radius 1 is 1.47 bits per heavy atom. The number of amides is 2. The molecule has 15 heavy (non-hydrogen) atoms. The minimum atomic E-state index is -0.994. The number of likely N-dealkylation sites (tertiary alicyclic amines) is 1. The van der Waals surface area contributed by atoms with Crippen molar-refractivity contribution >= 4 is 12.0 Å². The van der Waals surface area contributed by atoms with Crippen LogP contribution < -0.4 is 5.32 Å². The molecule has 1 atom stereocenters. The van der Waals surface area contributed by atoms with Crippen molar-refractivity contribution in [3.63, 3.8) is 0 Å². The van der Waals surface area contributed by atoms with E-state index in [9.17, 15) is 9.59 Å². The first kappa shape index (κ1) is 11.8. The van der Waals surface area contributed by atoms with Crippen molar-refractivity contribution in [2.75, 3.05) is 13.1 Å². The Balaban J connectivity index is 2.55. The SMILES string of the molecule is CCCNC(=O)C1CCCCN1C(=O)O. The molecule has 1 aliphatic rings. The summed E-state index contributed by atoms with van der Waals surface area (Å²) < 4.78 is 0. The van der Waals surface area contributed by atoms with Crippen LogP contribution >= 0.6 is 0 Å². The molecule has 2 amide bonds. The topological polar surface area (TPSA) is 69.6 Å². The van der Waals surface area contributed by atoms with Crippen molar-refractivity contribution < 1.29 is 14.7 Å². The predicted octanol–water partition coefficient (Wildman–Crippen LogP) is 1.05. The second-order valence-electron chi connectivity index (χ2n) is 3.78. The normalized spacial score (nSPS) is 21.1. The molecule has 86 valence electrons. The average Bonchev–Trinajstić information content (AvgIpc) is 2.25. The highest BCUT2D eigenvalue weighted by Crippen LogP contribution is 2.17. The molecule has 0 aromatic heterocycles. The fourth-order valence-electron chi connectivity index (χ4n) is 1.80. The molecule has 0 aliphatic carbocycles. The maximum Gasteiger partial charge on any atom is 0.407 e. The number of hydrogen-bond acceptors (Lipinski definition) is 2. The van der Waals surface area contributed by atoms with Gasteiger partial charge in [0.1, 0.15) is 6.04 Å². The summed E-state index contributed by atoms with van der Waals surface area (Å²) in [6, 6.07) is -0.484. The maximum atomic E-state index is 11.7. The Hall–Kier alpha value is -1.26. The number of carbonyl (C=O) groups is 2. The number of nitrogens with zero attached hydrogens (tertiary/aromatic N) is 1. The van der Waals surface area contributed by atoms with Gasteiger partial charge in [-0.3, -0.25) is 9.69 Å².